The third kappa shape index (κ3) is 4.17. The molecule has 3 heterocycles. The van der Waals surface area contributed by atoms with Crippen molar-refractivity contribution in [1.29, 1.82) is 0 Å². The number of rotatable bonds is 5. The number of nitrogens with zero attached hydrogens (tertiary/aromatic N) is 2. The van der Waals surface area contributed by atoms with Crippen molar-refractivity contribution >= 4 is 46.3 Å². The first-order chi connectivity index (χ1) is 14.4. The summed E-state index contributed by atoms with van der Waals surface area (Å²) in [6.45, 7) is 0.257. The highest BCUT2D eigenvalue weighted by molar-refractivity contribution is 8.26. The van der Waals surface area contributed by atoms with Crippen molar-refractivity contribution in [2.24, 2.45) is 0 Å². The minimum absolute atomic E-state index is 0.0599. The molecule has 3 aromatic rings. The molecule has 0 bridgehead atoms. The molecule has 1 aliphatic heterocycles. The minimum Gasteiger partial charge on any atom is -0.477 e. The van der Waals surface area contributed by atoms with Gasteiger partial charge in [0.2, 0.25) is 0 Å². The van der Waals surface area contributed by atoms with Crippen LogP contribution in [0.3, 0.4) is 0 Å². The molecule has 1 amide bonds. The third-order valence-electron chi connectivity index (χ3n) is 4.29. The van der Waals surface area contributed by atoms with Gasteiger partial charge in [0, 0.05) is 17.8 Å². The van der Waals surface area contributed by atoms with Gasteiger partial charge in [-0.2, -0.15) is 0 Å². The van der Waals surface area contributed by atoms with Gasteiger partial charge in [0.25, 0.3) is 5.91 Å². The van der Waals surface area contributed by atoms with E-state index >= 15 is 0 Å². The average Bonchev–Trinajstić information content (AvgIpc) is 3.30. The Morgan fingerprint density at radius 3 is 2.63 bits per heavy atom. The lowest BCUT2D eigenvalue weighted by Crippen LogP contribution is -2.27. The molecule has 2 aromatic heterocycles. The van der Waals surface area contributed by atoms with E-state index in [4.69, 9.17) is 21.7 Å². The number of carbonyl (C=O) groups excluding carboxylic acids is 1. The van der Waals surface area contributed by atoms with Crippen LogP contribution < -0.4 is 0 Å². The second kappa shape index (κ2) is 8.21. The molecule has 30 heavy (non-hydrogen) atoms. The molecule has 150 valence electrons. The van der Waals surface area contributed by atoms with Crippen LogP contribution in [0.1, 0.15) is 21.8 Å². The number of aromatic nitrogens is 1. The SMILES string of the molecule is O=C(O)c1ccc(-c2ccc(/C=C3\SC(=S)N(Cc4ccc(F)cc4)C3=O)o2)cn1. The van der Waals surface area contributed by atoms with Gasteiger partial charge < -0.3 is 9.52 Å². The van der Waals surface area contributed by atoms with Crippen molar-refractivity contribution < 1.29 is 23.5 Å². The van der Waals surface area contributed by atoms with Crippen molar-refractivity contribution in [3.63, 3.8) is 0 Å². The van der Waals surface area contributed by atoms with E-state index < -0.39 is 5.97 Å². The van der Waals surface area contributed by atoms with E-state index in [1.54, 1.807) is 36.4 Å². The fraction of sp³-hybridized carbons (Fsp3) is 0.0476. The van der Waals surface area contributed by atoms with E-state index in [-0.39, 0.29) is 24.0 Å². The summed E-state index contributed by atoms with van der Waals surface area (Å²) in [6.07, 6.45) is 3.01. The van der Waals surface area contributed by atoms with E-state index in [0.29, 0.717) is 26.3 Å². The molecule has 1 aromatic carbocycles. The number of hydrogen-bond acceptors (Lipinski definition) is 6. The smallest absolute Gasteiger partial charge is 0.354 e. The quantitative estimate of drug-likeness (QED) is 0.459. The Morgan fingerprint density at radius 2 is 1.97 bits per heavy atom. The summed E-state index contributed by atoms with van der Waals surface area (Å²) in [4.78, 5) is 29.4. The van der Waals surface area contributed by atoms with Crippen molar-refractivity contribution in [2.75, 3.05) is 0 Å². The number of benzene rings is 1. The topological polar surface area (TPSA) is 83.6 Å². The largest absolute Gasteiger partial charge is 0.477 e. The Bertz CT molecular complexity index is 1170. The van der Waals surface area contributed by atoms with Gasteiger partial charge in [0.15, 0.2) is 0 Å². The molecule has 0 spiro atoms. The zero-order chi connectivity index (χ0) is 21.3. The molecule has 6 nitrogen and oxygen atoms in total. The molecule has 1 N–H and O–H groups in total. The fourth-order valence-electron chi connectivity index (χ4n) is 2.79. The molecule has 0 aliphatic carbocycles. The van der Waals surface area contributed by atoms with Crippen LogP contribution in [0.5, 0.6) is 0 Å². The molecular formula is C21H13FN2O4S2. The second-order valence-electron chi connectivity index (χ2n) is 6.33. The zero-order valence-corrected chi connectivity index (χ0v) is 16.9. The van der Waals surface area contributed by atoms with Gasteiger partial charge >= 0.3 is 5.97 Å². The van der Waals surface area contributed by atoms with Crippen LogP contribution in [-0.2, 0) is 11.3 Å². The first-order valence-electron chi connectivity index (χ1n) is 8.70. The molecule has 1 saturated heterocycles. The Balaban J connectivity index is 1.51. The van der Waals surface area contributed by atoms with Crippen LogP contribution >= 0.6 is 24.0 Å². The summed E-state index contributed by atoms with van der Waals surface area (Å²) in [5, 5.41) is 8.92. The van der Waals surface area contributed by atoms with Gasteiger partial charge in [-0.25, -0.2) is 14.2 Å². The lowest BCUT2D eigenvalue weighted by Gasteiger charge is -2.14. The summed E-state index contributed by atoms with van der Waals surface area (Å²) in [6, 6.07) is 12.3. The van der Waals surface area contributed by atoms with Crippen molar-refractivity contribution in [1.82, 2.24) is 9.88 Å². The van der Waals surface area contributed by atoms with Crippen molar-refractivity contribution in [2.45, 2.75) is 6.54 Å². The number of thioether (sulfide) groups is 1. The Labute approximate surface area is 180 Å². The van der Waals surface area contributed by atoms with E-state index in [1.807, 2.05) is 0 Å². The number of carboxylic acids is 1. The lowest BCUT2D eigenvalue weighted by atomic mass is 10.2. The first kappa shape index (κ1) is 20.0. The van der Waals surface area contributed by atoms with Gasteiger partial charge in [0.05, 0.1) is 11.4 Å². The van der Waals surface area contributed by atoms with Crippen LogP contribution in [0.4, 0.5) is 4.39 Å². The highest BCUT2D eigenvalue weighted by Gasteiger charge is 2.32. The van der Waals surface area contributed by atoms with E-state index in [0.717, 1.165) is 5.56 Å². The van der Waals surface area contributed by atoms with E-state index in [1.165, 1.54) is 41.1 Å². The van der Waals surface area contributed by atoms with Crippen molar-refractivity contribution in [3.8, 4) is 11.3 Å². The predicted octanol–water partition coefficient (Wildman–Crippen LogP) is 4.58. The van der Waals surface area contributed by atoms with Crippen LogP contribution in [-0.4, -0.2) is 31.2 Å². The van der Waals surface area contributed by atoms with Gasteiger partial charge in [-0.3, -0.25) is 9.69 Å². The summed E-state index contributed by atoms with van der Waals surface area (Å²) in [7, 11) is 0. The number of amides is 1. The number of carbonyl (C=O) groups is 2. The highest BCUT2D eigenvalue weighted by Crippen LogP contribution is 2.34. The second-order valence-corrected chi connectivity index (χ2v) is 8.01. The zero-order valence-electron chi connectivity index (χ0n) is 15.2. The Hall–Kier alpha value is -3.30. The number of pyridine rings is 1. The standard InChI is InChI=1S/C21H13FN2O4S2/c22-14-4-1-12(2-5-14)11-24-19(25)18(30-21(24)29)9-15-6-8-17(28-15)13-3-7-16(20(26)27)23-10-13/h1-10H,11H2,(H,26,27)/b18-9-. The Morgan fingerprint density at radius 1 is 1.20 bits per heavy atom. The van der Waals surface area contributed by atoms with Gasteiger partial charge in [0.1, 0.15) is 27.4 Å². The van der Waals surface area contributed by atoms with Crippen LogP contribution in [0, 0.1) is 5.82 Å². The minimum atomic E-state index is -1.11. The van der Waals surface area contributed by atoms with E-state index in [2.05, 4.69) is 4.98 Å². The predicted molar refractivity (Wildman–Crippen MR) is 114 cm³/mol. The van der Waals surface area contributed by atoms with Gasteiger partial charge in [-0.05, 0) is 42.0 Å². The molecule has 1 aliphatic rings. The molecule has 1 fully saturated rings. The number of thiocarbonyl (C=S) groups is 1. The number of aromatic carboxylic acids is 1. The normalized spacial score (nSPS) is 15.2. The highest BCUT2D eigenvalue weighted by atomic mass is 32.2. The number of hydrogen-bond donors (Lipinski definition) is 1. The number of carboxylic acid groups (broad SMARTS) is 1. The van der Waals surface area contributed by atoms with E-state index in [9.17, 15) is 14.0 Å². The maximum absolute atomic E-state index is 13.1. The van der Waals surface area contributed by atoms with Crippen LogP contribution in [0.2, 0.25) is 0 Å². The third-order valence-corrected chi connectivity index (χ3v) is 5.67. The van der Waals surface area contributed by atoms with Crippen molar-refractivity contribution in [3.05, 3.63) is 82.5 Å². The molecule has 0 radical (unpaired) electrons. The van der Waals surface area contributed by atoms with Crippen LogP contribution in [0.15, 0.2) is 64.1 Å². The number of halogens is 1. The molecule has 0 unspecified atom stereocenters. The summed E-state index contributed by atoms with van der Waals surface area (Å²) < 4.78 is 19.2. The molecule has 0 saturated carbocycles. The summed E-state index contributed by atoms with van der Waals surface area (Å²) >= 11 is 6.48. The molecule has 9 heteroatoms. The summed E-state index contributed by atoms with van der Waals surface area (Å²) in [5.41, 5.74) is 1.32. The first-order valence-corrected chi connectivity index (χ1v) is 9.92. The molecule has 0 atom stereocenters. The Kier molecular flexibility index (Phi) is 5.47. The maximum Gasteiger partial charge on any atom is 0.354 e. The summed E-state index contributed by atoms with van der Waals surface area (Å²) in [5.74, 6) is -0.753. The monoisotopic (exact) mass is 440 g/mol. The fourth-order valence-corrected chi connectivity index (χ4v) is 4.02. The number of furan rings is 1. The lowest BCUT2D eigenvalue weighted by molar-refractivity contribution is -0.122. The maximum atomic E-state index is 13.1. The molecule has 4 rings (SSSR count). The van der Waals surface area contributed by atoms with Crippen LogP contribution in [0.25, 0.3) is 17.4 Å². The average molecular weight is 440 g/mol. The van der Waals surface area contributed by atoms with Gasteiger partial charge in [-0.1, -0.05) is 36.1 Å². The van der Waals surface area contributed by atoms with Gasteiger partial charge in [-0.15, -0.1) is 0 Å². The molecular weight excluding hydrogens is 427 g/mol.